The van der Waals surface area contributed by atoms with Gasteiger partial charge in [0, 0.05) is 24.5 Å². The molecule has 10 heavy (non-hydrogen) atoms. The SMILES string of the molecule is CNSOc1ccncc1. The highest BCUT2D eigenvalue weighted by molar-refractivity contribution is 7.93. The molecule has 0 amide bonds. The normalized spacial score (nSPS) is 9.30. The zero-order chi connectivity index (χ0) is 7.23. The largest absolute Gasteiger partial charge is 0.410 e. The summed E-state index contributed by atoms with van der Waals surface area (Å²) in [6.07, 6.45) is 3.37. The van der Waals surface area contributed by atoms with Gasteiger partial charge in [-0.1, -0.05) is 0 Å². The van der Waals surface area contributed by atoms with E-state index >= 15 is 0 Å². The highest BCUT2D eigenvalue weighted by Gasteiger charge is 1.88. The number of hydrogen-bond acceptors (Lipinski definition) is 4. The lowest BCUT2D eigenvalue weighted by molar-refractivity contribution is 0.639. The van der Waals surface area contributed by atoms with Crippen molar-refractivity contribution < 1.29 is 4.18 Å². The molecule has 1 aromatic heterocycles. The predicted molar refractivity (Wildman–Crippen MR) is 41.5 cm³/mol. The Kier molecular flexibility index (Phi) is 3.05. The lowest BCUT2D eigenvalue weighted by Gasteiger charge is -1.99. The number of hydrogen-bond donors (Lipinski definition) is 1. The molecular weight excluding hydrogens is 148 g/mol. The molecule has 1 heterocycles. The van der Waals surface area contributed by atoms with Crippen LogP contribution in [-0.2, 0) is 0 Å². The van der Waals surface area contributed by atoms with E-state index in [4.69, 9.17) is 4.18 Å². The molecule has 4 heteroatoms. The fourth-order valence-electron chi connectivity index (χ4n) is 0.484. The third-order valence-electron chi connectivity index (χ3n) is 0.871. The Bertz CT molecular complexity index is 180. The number of aromatic nitrogens is 1. The Morgan fingerprint density at radius 3 is 2.80 bits per heavy atom. The van der Waals surface area contributed by atoms with Crippen LogP contribution in [0.15, 0.2) is 24.5 Å². The van der Waals surface area contributed by atoms with Crippen molar-refractivity contribution in [2.45, 2.75) is 0 Å². The van der Waals surface area contributed by atoms with Crippen molar-refractivity contribution in [3.05, 3.63) is 24.5 Å². The zero-order valence-electron chi connectivity index (χ0n) is 5.57. The second kappa shape index (κ2) is 4.14. The van der Waals surface area contributed by atoms with E-state index in [1.54, 1.807) is 31.6 Å². The Labute approximate surface area is 64.1 Å². The molecule has 0 saturated carbocycles. The molecule has 0 fully saturated rings. The summed E-state index contributed by atoms with van der Waals surface area (Å²) in [5.74, 6) is 0.800. The fraction of sp³-hybridized carbons (Fsp3) is 0.167. The van der Waals surface area contributed by atoms with Crippen molar-refractivity contribution in [3.63, 3.8) is 0 Å². The predicted octanol–water partition coefficient (Wildman–Crippen LogP) is 1.24. The van der Waals surface area contributed by atoms with Gasteiger partial charge in [0.25, 0.3) is 0 Å². The molecule has 0 saturated heterocycles. The van der Waals surface area contributed by atoms with Gasteiger partial charge < -0.3 is 4.18 Å². The third kappa shape index (κ3) is 2.24. The highest BCUT2D eigenvalue weighted by Crippen LogP contribution is 2.10. The topological polar surface area (TPSA) is 34.1 Å². The number of rotatable bonds is 3. The first-order chi connectivity index (χ1) is 4.93. The van der Waals surface area contributed by atoms with E-state index in [9.17, 15) is 0 Å². The fourth-order valence-corrected chi connectivity index (χ4v) is 0.774. The molecule has 3 nitrogen and oxygen atoms in total. The highest BCUT2D eigenvalue weighted by atomic mass is 32.2. The van der Waals surface area contributed by atoms with E-state index in [0.29, 0.717) is 0 Å². The van der Waals surface area contributed by atoms with Gasteiger partial charge in [-0.25, -0.2) is 4.72 Å². The van der Waals surface area contributed by atoms with Gasteiger partial charge in [-0.05, 0) is 7.05 Å². The third-order valence-corrected chi connectivity index (χ3v) is 1.31. The van der Waals surface area contributed by atoms with Crippen LogP contribution in [0.25, 0.3) is 0 Å². The van der Waals surface area contributed by atoms with Gasteiger partial charge in [-0.2, -0.15) is 0 Å². The summed E-state index contributed by atoms with van der Waals surface area (Å²) >= 11 is 1.18. The van der Waals surface area contributed by atoms with Crippen LogP contribution in [0.4, 0.5) is 0 Å². The van der Waals surface area contributed by atoms with Crippen LogP contribution < -0.4 is 8.91 Å². The average molecular weight is 156 g/mol. The van der Waals surface area contributed by atoms with Gasteiger partial charge >= 0.3 is 0 Å². The lowest BCUT2D eigenvalue weighted by atomic mass is 10.5. The van der Waals surface area contributed by atoms with Crippen molar-refractivity contribution >= 4 is 12.2 Å². The van der Waals surface area contributed by atoms with Gasteiger partial charge in [-0.3, -0.25) is 4.98 Å². The smallest absolute Gasteiger partial charge is 0.143 e. The monoisotopic (exact) mass is 156 g/mol. The van der Waals surface area contributed by atoms with E-state index in [-0.39, 0.29) is 0 Å². The summed E-state index contributed by atoms with van der Waals surface area (Å²) in [6.45, 7) is 0. The average Bonchev–Trinajstić information content (AvgIpc) is 2.03. The zero-order valence-corrected chi connectivity index (χ0v) is 6.39. The van der Waals surface area contributed by atoms with Gasteiger partial charge in [-0.15, -0.1) is 0 Å². The first-order valence-corrected chi connectivity index (χ1v) is 3.58. The van der Waals surface area contributed by atoms with Gasteiger partial charge in [0.1, 0.15) is 18.0 Å². The van der Waals surface area contributed by atoms with E-state index in [1.807, 2.05) is 0 Å². The summed E-state index contributed by atoms with van der Waals surface area (Å²) in [5.41, 5.74) is 0. The van der Waals surface area contributed by atoms with Gasteiger partial charge in [0.05, 0.1) is 0 Å². The van der Waals surface area contributed by atoms with E-state index in [2.05, 4.69) is 9.71 Å². The maximum Gasteiger partial charge on any atom is 0.143 e. The molecule has 0 bridgehead atoms. The summed E-state index contributed by atoms with van der Waals surface area (Å²) in [6, 6.07) is 3.59. The molecule has 0 aliphatic carbocycles. The standard InChI is InChI=1S/C6H8N2OS/c1-7-10-9-6-2-4-8-5-3-6/h2-5,7H,1H3. The maximum absolute atomic E-state index is 5.12. The minimum Gasteiger partial charge on any atom is -0.410 e. The number of nitrogens with one attached hydrogen (secondary N) is 1. The van der Waals surface area contributed by atoms with Crippen molar-refractivity contribution in [2.75, 3.05) is 7.05 Å². The molecule has 1 rings (SSSR count). The first-order valence-electron chi connectivity index (χ1n) is 2.84. The minimum absolute atomic E-state index is 0.800. The summed E-state index contributed by atoms with van der Waals surface area (Å²) < 4.78 is 7.91. The second-order valence-electron chi connectivity index (χ2n) is 1.55. The molecule has 1 N–H and O–H groups in total. The van der Waals surface area contributed by atoms with Gasteiger partial charge in [0.15, 0.2) is 0 Å². The second-order valence-corrected chi connectivity index (χ2v) is 2.30. The van der Waals surface area contributed by atoms with Crippen LogP contribution >= 0.6 is 12.2 Å². The van der Waals surface area contributed by atoms with Crippen LogP contribution in [0.1, 0.15) is 0 Å². The first kappa shape index (κ1) is 7.37. The Morgan fingerprint density at radius 2 is 2.20 bits per heavy atom. The molecule has 0 aliphatic rings. The Balaban J connectivity index is 2.43. The van der Waals surface area contributed by atoms with Crippen molar-refractivity contribution in [1.29, 1.82) is 0 Å². The molecule has 0 spiro atoms. The Morgan fingerprint density at radius 1 is 1.50 bits per heavy atom. The summed E-state index contributed by atoms with van der Waals surface area (Å²) in [7, 11) is 1.80. The van der Waals surface area contributed by atoms with Crippen LogP contribution in [0.5, 0.6) is 5.75 Å². The number of nitrogens with zero attached hydrogens (tertiary/aromatic N) is 1. The lowest BCUT2D eigenvalue weighted by Crippen LogP contribution is -1.95. The van der Waals surface area contributed by atoms with E-state index < -0.39 is 0 Å². The van der Waals surface area contributed by atoms with Crippen molar-refractivity contribution in [3.8, 4) is 5.75 Å². The molecule has 0 radical (unpaired) electrons. The van der Waals surface area contributed by atoms with Crippen LogP contribution in [0.3, 0.4) is 0 Å². The molecule has 1 aromatic rings. The minimum atomic E-state index is 0.800. The summed E-state index contributed by atoms with van der Waals surface area (Å²) in [5, 5.41) is 0. The molecule has 0 aromatic carbocycles. The maximum atomic E-state index is 5.12. The van der Waals surface area contributed by atoms with Crippen LogP contribution in [0, 0.1) is 0 Å². The van der Waals surface area contributed by atoms with E-state index in [1.165, 1.54) is 12.2 Å². The Hall–Kier alpha value is -0.740. The number of pyridine rings is 1. The van der Waals surface area contributed by atoms with Gasteiger partial charge in [0.2, 0.25) is 0 Å². The molecular formula is C6H8N2OS. The quantitative estimate of drug-likeness (QED) is 0.527. The van der Waals surface area contributed by atoms with Crippen LogP contribution in [-0.4, -0.2) is 12.0 Å². The molecule has 54 valence electrons. The van der Waals surface area contributed by atoms with E-state index in [0.717, 1.165) is 5.75 Å². The summed E-state index contributed by atoms with van der Waals surface area (Å²) in [4.78, 5) is 3.84. The molecule has 0 unspecified atom stereocenters. The molecule has 0 atom stereocenters. The van der Waals surface area contributed by atoms with Crippen molar-refractivity contribution in [1.82, 2.24) is 9.71 Å². The molecule has 0 aliphatic heterocycles. The van der Waals surface area contributed by atoms with Crippen molar-refractivity contribution in [2.24, 2.45) is 0 Å². The van der Waals surface area contributed by atoms with Crippen LogP contribution in [0.2, 0.25) is 0 Å².